The monoisotopic (exact) mass is 186 g/mol. The summed E-state index contributed by atoms with van der Waals surface area (Å²) in [5.74, 6) is 0. The van der Waals surface area contributed by atoms with Gasteiger partial charge in [0.05, 0.1) is 0 Å². The van der Waals surface area contributed by atoms with E-state index in [0.717, 1.165) is 17.1 Å². The van der Waals surface area contributed by atoms with Gasteiger partial charge in [0.1, 0.15) is 0 Å². The summed E-state index contributed by atoms with van der Waals surface area (Å²) < 4.78 is 0. The predicted octanol–water partition coefficient (Wildman–Crippen LogP) is 1.82. The first-order valence-electron chi connectivity index (χ1n) is 4.26. The van der Waals surface area contributed by atoms with Crippen LogP contribution < -0.4 is 11.5 Å². The van der Waals surface area contributed by atoms with Crippen LogP contribution in [0.25, 0.3) is 10.8 Å². The molecular formula is C11H10N2O. The minimum atomic E-state index is 0.601. The summed E-state index contributed by atoms with van der Waals surface area (Å²) in [6.45, 7) is 0. The Morgan fingerprint density at radius 2 is 1.71 bits per heavy atom. The number of hydrogen-bond donors (Lipinski definition) is 2. The average molecular weight is 186 g/mol. The van der Waals surface area contributed by atoms with Crippen LogP contribution in [-0.2, 0) is 0 Å². The molecule has 0 radical (unpaired) electrons. The summed E-state index contributed by atoms with van der Waals surface area (Å²) in [5.41, 5.74) is 13.4. The lowest BCUT2D eigenvalue weighted by atomic mass is 10.0. The molecule has 2 aromatic carbocycles. The normalized spacial score (nSPS) is 10.3. The number of nitrogen functional groups attached to an aromatic ring is 2. The maximum absolute atomic E-state index is 10.8. The van der Waals surface area contributed by atoms with Gasteiger partial charge in [-0.2, -0.15) is 0 Å². The summed E-state index contributed by atoms with van der Waals surface area (Å²) in [6, 6.07) is 8.82. The molecule has 0 aliphatic carbocycles. The Morgan fingerprint density at radius 1 is 1.00 bits per heavy atom. The van der Waals surface area contributed by atoms with Gasteiger partial charge in [-0.15, -0.1) is 0 Å². The van der Waals surface area contributed by atoms with Crippen molar-refractivity contribution < 1.29 is 4.79 Å². The first-order chi connectivity index (χ1) is 6.74. The molecule has 4 N–H and O–H groups in total. The molecule has 3 nitrogen and oxygen atoms in total. The number of rotatable bonds is 1. The smallest absolute Gasteiger partial charge is 0.150 e. The fourth-order valence-corrected chi connectivity index (χ4v) is 1.59. The van der Waals surface area contributed by atoms with Crippen LogP contribution >= 0.6 is 0 Å². The zero-order chi connectivity index (χ0) is 10.1. The molecule has 0 aromatic heterocycles. The van der Waals surface area contributed by atoms with Crippen LogP contribution in [0.2, 0.25) is 0 Å². The van der Waals surface area contributed by atoms with Gasteiger partial charge in [0.25, 0.3) is 0 Å². The van der Waals surface area contributed by atoms with E-state index in [1.54, 1.807) is 18.2 Å². The molecular weight excluding hydrogens is 176 g/mol. The quantitative estimate of drug-likeness (QED) is 0.527. The highest BCUT2D eigenvalue weighted by molar-refractivity contribution is 6.08. The molecule has 2 aromatic rings. The number of carbonyl (C=O) groups is 1. The summed E-state index contributed by atoms with van der Waals surface area (Å²) in [4.78, 5) is 10.8. The predicted molar refractivity (Wildman–Crippen MR) is 58.2 cm³/mol. The number of aldehydes is 1. The van der Waals surface area contributed by atoms with Crippen molar-refractivity contribution in [1.29, 1.82) is 0 Å². The molecule has 0 spiro atoms. The molecule has 0 fully saturated rings. The summed E-state index contributed by atoms with van der Waals surface area (Å²) in [7, 11) is 0. The van der Waals surface area contributed by atoms with E-state index >= 15 is 0 Å². The summed E-state index contributed by atoms with van der Waals surface area (Å²) in [5, 5.41) is 1.57. The second-order valence-corrected chi connectivity index (χ2v) is 3.13. The van der Waals surface area contributed by atoms with Gasteiger partial charge in [0.2, 0.25) is 0 Å². The minimum absolute atomic E-state index is 0.601. The van der Waals surface area contributed by atoms with E-state index in [1.807, 2.05) is 12.1 Å². The molecule has 3 heteroatoms. The Hall–Kier alpha value is -2.03. The number of hydrogen-bond acceptors (Lipinski definition) is 3. The molecule has 0 aliphatic rings. The molecule has 0 saturated heterocycles. The second-order valence-electron chi connectivity index (χ2n) is 3.13. The molecule has 70 valence electrons. The third kappa shape index (κ3) is 1.10. The zero-order valence-electron chi connectivity index (χ0n) is 7.53. The van der Waals surface area contributed by atoms with Gasteiger partial charge in [-0.1, -0.05) is 12.1 Å². The van der Waals surface area contributed by atoms with E-state index in [1.165, 1.54) is 0 Å². The largest absolute Gasteiger partial charge is 0.398 e. The first-order valence-corrected chi connectivity index (χ1v) is 4.26. The van der Waals surface area contributed by atoms with Crippen LogP contribution in [0.5, 0.6) is 0 Å². The Bertz CT molecular complexity index is 498. The molecule has 0 atom stereocenters. The molecule has 0 unspecified atom stereocenters. The maximum Gasteiger partial charge on any atom is 0.150 e. The number of fused-ring (bicyclic) bond motifs is 1. The standard InChI is InChI=1S/C11H10N2O/c12-9-3-1-2-8-7(6-14)4-5-10(13)11(8)9/h1-6H,12-13H2. The number of benzene rings is 2. The second kappa shape index (κ2) is 3.03. The van der Waals surface area contributed by atoms with Crippen LogP contribution in [0.15, 0.2) is 30.3 Å². The topological polar surface area (TPSA) is 69.1 Å². The van der Waals surface area contributed by atoms with Crippen molar-refractivity contribution in [3.63, 3.8) is 0 Å². The summed E-state index contributed by atoms with van der Waals surface area (Å²) in [6.07, 6.45) is 0.807. The van der Waals surface area contributed by atoms with Gasteiger partial charge < -0.3 is 11.5 Å². The highest BCUT2D eigenvalue weighted by Gasteiger charge is 2.05. The van der Waals surface area contributed by atoms with Crippen LogP contribution in [0, 0.1) is 0 Å². The van der Waals surface area contributed by atoms with Crippen molar-refractivity contribution in [2.75, 3.05) is 11.5 Å². The first kappa shape index (κ1) is 8.56. The lowest BCUT2D eigenvalue weighted by Crippen LogP contribution is -1.95. The average Bonchev–Trinajstić information content (AvgIpc) is 2.18. The van der Waals surface area contributed by atoms with E-state index in [-0.39, 0.29) is 0 Å². The molecule has 14 heavy (non-hydrogen) atoms. The Balaban J connectivity index is 2.98. The number of anilines is 2. The summed E-state index contributed by atoms with van der Waals surface area (Å²) >= 11 is 0. The van der Waals surface area contributed by atoms with Crippen molar-refractivity contribution in [2.45, 2.75) is 0 Å². The molecule has 0 amide bonds. The lowest BCUT2D eigenvalue weighted by molar-refractivity contribution is 0.112. The van der Waals surface area contributed by atoms with E-state index in [2.05, 4.69) is 0 Å². The van der Waals surface area contributed by atoms with Crippen LogP contribution in [0.1, 0.15) is 10.4 Å². The Morgan fingerprint density at radius 3 is 2.43 bits per heavy atom. The molecule has 0 heterocycles. The highest BCUT2D eigenvalue weighted by Crippen LogP contribution is 2.28. The maximum atomic E-state index is 10.8. The van der Waals surface area contributed by atoms with Crippen molar-refractivity contribution in [2.24, 2.45) is 0 Å². The Kier molecular flexibility index (Phi) is 1.85. The third-order valence-corrected chi connectivity index (χ3v) is 2.27. The van der Waals surface area contributed by atoms with Crippen molar-refractivity contribution in [3.8, 4) is 0 Å². The molecule has 0 aliphatic heterocycles. The lowest BCUT2D eigenvalue weighted by Gasteiger charge is -2.06. The van der Waals surface area contributed by atoms with Gasteiger partial charge in [-0.3, -0.25) is 4.79 Å². The number of nitrogens with two attached hydrogens (primary N) is 2. The molecule has 2 rings (SSSR count). The van der Waals surface area contributed by atoms with Gasteiger partial charge in [0, 0.05) is 22.3 Å². The van der Waals surface area contributed by atoms with Crippen molar-refractivity contribution in [1.82, 2.24) is 0 Å². The minimum Gasteiger partial charge on any atom is -0.398 e. The fourth-order valence-electron chi connectivity index (χ4n) is 1.59. The SMILES string of the molecule is Nc1cccc2c(C=O)ccc(N)c12. The van der Waals surface area contributed by atoms with E-state index in [4.69, 9.17) is 11.5 Å². The Labute approximate surface area is 81.3 Å². The highest BCUT2D eigenvalue weighted by atomic mass is 16.1. The van der Waals surface area contributed by atoms with Crippen molar-refractivity contribution in [3.05, 3.63) is 35.9 Å². The molecule has 0 bridgehead atoms. The van der Waals surface area contributed by atoms with E-state index in [0.29, 0.717) is 16.9 Å². The van der Waals surface area contributed by atoms with E-state index in [9.17, 15) is 4.79 Å². The zero-order valence-corrected chi connectivity index (χ0v) is 7.53. The van der Waals surface area contributed by atoms with Gasteiger partial charge in [0.15, 0.2) is 6.29 Å². The van der Waals surface area contributed by atoms with Crippen LogP contribution in [-0.4, -0.2) is 6.29 Å². The van der Waals surface area contributed by atoms with Crippen molar-refractivity contribution >= 4 is 28.4 Å². The molecule has 0 saturated carbocycles. The van der Waals surface area contributed by atoms with Gasteiger partial charge in [-0.25, -0.2) is 0 Å². The third-order valence-electron chi connectivity index (χ3n) is 2.27. The van der Waals surface area contributed by atoms with Gasteiger partial charge in [-0.05, 0) is 23.6 Å². The fraction of sp³-hybridized carbons (Fsp3) is 0. The number of carbonyl (C=O) groups excluding carboxylic acids is 1. The van der Waals surface area contributed by atoms with Crippen LogP contribution in [0.3, 0.4) is 0 Å². The van der Waals surface area contributed by atoms with E-state index < -0.39 is 0 Å². The van der Waals surface area contributed by atoms with Gasteiger partial charge >= 0.3 is 0 Å². The van der Waals surface area contributed by atoms with Crippen LogP contribution in [0.4, 0.5) is 11.4 Å².